The number of carbonyl (C=O) groups excluding carboxylic acids is 1. The number of hydrogen-bond acceptors (Lipinski definition) is 3. The van der Waals surface area contributed by atoms with Gasteiger partial charge < -0.3 is 15.2 Å². The van der Waals surface area contributed by atoms with Crippen molar-refractivity contribution in [1.29, 1.82) is 0 Å². The lowest BCUT2D eigenvalue weighted by Gasteiger charge is -2.72. The zero-order valence-electron chi connectivity index (χ0n) is 14.7. The number of nitrogens with one attached hydrogen (secondary N) is 1. The average molecular weight is 371 g/mol. The van der Waals surface area contributed by atoms with Crippen LogP contribution in [0.5, 0.6) is 0 Å². The van der Waals surface area contributed by atoms with Gasteiger partial charge in [0.2, 0.25) is 0 Å². The standard InChI is InChI=1S/C18H20F3NO4/c1-16(2,3)26-15(25)22-13(14(23)24)18-6-17(7-18,8-18)9-4-11(20)12(21)5-10(9)19/h4-5,13H,6-8H2,1-3H3,(H,22,25)(H,23,24). The second-order valence-electron chi connectivity index (χ2n) is 8.34. The summed E-state index contributed by atoms with van der Waals surface area (Å²) in [4.78, 5) is 23.5. The predicted molar refractivity (Wildman–Crippen MR) is 85.1 cm³/mol. The van der Waals surface area contributed by atoms with Gasteiger partial charge in [-0.2, -0.15) is 0 Å². The van der Waals surface area contributed by atoms with Gasteiger partial charge in [-0.15, -0.1) is 0 Å². The van der Waals surface area contributed by atoms with E-state index in [-0.39, 0.29) is 24.8 Å². The maximum atomic E-state index is 14.0. The van der Waals surface area contributed by atoms with Crippen LogP contribution in [0.3, 0.4) is 0 Å². The fourth-order valence-electron chi connectivity index (χ4n) is 4.29. The molecule has 3 aliphatic carbocycles. The van der Waals surface area contributed by atoms with Crippen LogP contribution in [0.1, 0.15) is 45.6 Å². The van der Waals surface area contributed by atoms with Crippen molar-refractivity contribution in [2.45, 2.75) is 57.1 Å². The minimum atomic E-state index is -1.26. The molecule has 0 aliphatic heterocycles. The first kappa shape index (κ1) is 18.5. The van der Waals surface area contributed by atoms with Crippen LogP contribution in [0.4, 0.5) is 18.0 Å². The Morgan fingerprint density at radius 1 is 1.12 bits per heavy atom. The quantitative estimate of drug-likeness (QED) is 0.795. The van der Waals surface area contributed by atoms with Crippen LogP contribution < -0.4 is 5.32 Å². The van der Waals surface area contributed by atoms with E-state index in [0.29, 0.717) is 6.07 Å². The first-order valence-corrected chi connectivity index (χ1v) is 8.25. The highest BCUT2D eigenvalue weighted by Crippen LogP contribution is 2.75. The molecule has 5 nitrogen and oxygen atoms in total. The van der Waals surface area contributed by atoms with Crippen molar-refractivity contribution >= 4 is 12.1 Å². The van der Waals surface area contributed by atoms with Crippen LogP contribution >= 0.6 is 0 Å². The molecule has 1 amide bonds. The Bertz CT molecular complexity index is 768. The predicted octanol–water partition coefficient (Wildman–Crippen LogP) is 3.50. The molecule has 3 fully saturated rings. The molecule has 0 aromatic heterocycles. The van der Waals surface area contributed by atoms with Crippen molar-refractivity contribution in [2.24, 2.45) is 5.41 Å². The van der Waals surface area contributed by atoms with Gasteiger partial charge in [0.1, 0.15) is 17.5 Å². The summed E-state index contributed by atoms with van der Waals surface area (Å²) >= 11 is 0. The number of alkyl carbamates (subject to hydrolysis) is 1. The second kappa shape index (κ2) is 5.62. The van der Waals surface area contributed by atoms with Crippen LogP contribution in [-0.4, -0.2) is 28.8 Å². The van der Waals surface area contributed by atoms with Crippen molar-refractivity contribution in [3.8, 4) is 0 Å². The lowest BCUT2D eigenvalue weighted by molar-refractivity contribution is -0.184. The summed E-state index contributed by atoms with van der Waals surface area (Å²) in [5, 5.41) is 11.9. The largest absolute Gasteiger partial charge is 0.480 e. The normalized spacial score (nSPS) is 27.8. The summed E-state index contributed by atoms with van der Waals surface area (Å²) in [5.74, 6) is -4.46. The second-order valence-corrected chi connectivity index (χ2v) is 8.34. The molecule has 26 heavy (non-hydrogen) atoms. The SMILES string of the molecule is CC(C)(C)OC(=O)NC(C(=O)O)C12CC(c3cc(F)c(F)cc3F)(C1)C2. The molecule has 2 N–H and O–H groups in total. The van der Waals surface area contributed by atoms with Crippen LogP contribution in [0.15, 0.2) is 12.1 Å². The van der Waals surface area contributed by atoms with Gasteiger partial charge >= 0.3 is 12.1 Å². The van der Waals surface area contributed by atoms with E-state index in [4.69, 9.17) is 4.74 Å². The number of ether oxygens (including phenoxy) is 1. The highest BCUT2D eigenvalue weighted by atomic mass is 19.2. The molecule has 2 bridgehead atoms. The molecule has 0 spiro atoms. The van der Waals surface area contributed by atoms with Gasteiger partial charge in [-0.1, -0.05) is 0 Å². The number of rotatable bonds is 4. The molecule has 0 saturated heterocycles. The molecule has 1 aromatic carbocycles. The van der Waals surface area contributed by atoms with E-state index < -0.39 is 52.0 Å². The number of amides is 1. The summed E-state index contributed by atoms with van der Waals surface area (Å²) in [6.45, 7) is 4.97. The van der Waals surface area contributed by atoms with E-state index in [1.807, 2.05) is 0 Å². The van der Waals surface area contributed by atoms with E-state index in [1.165, 1.54) is 0 Å². The van der Waals surface area contributed by atoms with Crippen molar-refractivity contribution in [3.05, 3.63) is 35.1 Å². The summed E-state index contributed by atoms with van der Waals surface area (Å²) in [5.41, 5.74) is -2.16. The lowest BCUT2D eigenvalue weighted by atomic mass is 9.31. The number of carboxylic acid groups (broad SMARTS) is 1. The zero-order valence-corrected chi connectivity index (χ0v) is 14.7. The smallest absolute Gasteiger partial charge is 0.408 e. The van der Waals surface area contributed by atoms with E-state index in [1.54, 1.807) is 20.8 Å². The molecule has 8 heteroatoms. The van der Waals surface area contributed by atoms with E-state index in [9.17, 15) is 27.9 Å². The molecule has 3 saturated carbocycles. The van der Waals surface area contributed by atoms with Crippen molar-refractivity contribution < 1.29 is 32.6 Å². The fourth-order valence-corrected chi connectivity index (χ4v) is 4.29. The van der Waals surface area contributed by atoms with Gasteiger partial charge in [0.25, 0.3) is 0 Å². The number of carboxylic acids is 1. The van der Waals surface area contributed by atoms with Crippen molar-refractivity contribution in [3.63, 3.8) is 0 Å². The number of benzene rings is 1. The van der Waals surface area contributed by atoms with Gasteiger partial charge in [0, 0.05) is 16.9 Å². The Labute approximate surface area is 148 Å². The molecule has 1 unspecified atom stereocenters. The molecule has 1 aromatic rings. The Hall–Kier alpha value is -2.25. The topological polar surface area (TPSA) is 75.6 Å². The number of aliphatic carboxylic acids is 1. The number of hydrogen-bond donors (Lipinski definition) is 2. The first-order valence-electron chi connectivity index (χ1n) is 8.25. The van der Waals surface area contributed by atoms with Gasteiger partial charge in [-0.25, -0.2) is 22.8 Å². The summed E-state index contributed by atoms with van der Waals surface area (Å²) in [6.07, 6.45) is -0.0270. The average Bonchev–Trinajstić information content (AvgIpc) is 2.38. The Morgan fingerprint density at radius 2 is 1.65 bits per heavy atom. The Morgan fingerprint density at radius 3 is 2.15 bits per heavy atom. The molecule has 142 valence electrons. The van der Waals surface area contributed by atoms with Gasteiger partial charge in [0.15, 0.2) is 11.6 Å². The number of halogens is 3. The van der Waals surface area contributed by atoms with Crippen LogP contribution in [0.25, 0.3) is 0 Å². The molecular formula is C18H20F3NO4. The zero-order chi connectivity index (χ0) is 19.5. The van der Waals surface area contributed by atoms with Gasteiger partial charge in [-0.3, -0.25) is 0 Å². The van der Waals surface area contributed by atoms with E-state index in [0.717, 1.165) is 6.07 Å². The van der Waals surface area contributed by atoms with Crippen LogP contribution in [0, 0.1) is 22.9 Å². The third kappa shape index (κ3) is 2.91. The minimum absolute atomic E-state index is 0.0553. The highest BCUT2D eigenvalue weighted by Gasteiger charge is 2.73. The summed E-state index contributed by atoms with van der Waals surface area (Å²) in [6, 6.07) is 0.156. The van der Waals surface area contributed by atoms with Gasteiger partial charge in [0.05, 0.1) is 0 Å². The maximum absolute atomic E-state index is 14.0. The number of carbonyl (C=O) groups is 2. The van der Waals surface area contributed by atoms with Gasteiger partial charge in [-0.05, 0) is 51.7 Å². The van der Waals surface area contributed by atoms with Crippen molar-refractivity contribution in [1.82, 2.24) is 5.32 Å². The Balaban J connectivity index is 1.74. The first-order chi connectivity index (χ1) is 11.9. The molecule has 0 heterocycles. The monoisotopic (exact) mass is 371 g/mol. The van der Waals surface area contributed by atoms with Crippen LogP contribution in [0.2, 0.25) is 0 Å². The van der Waals surface area contributed by atoms with E-state index in [2.05, 4.69) is 5.32 Å². The highest BCUT2D eigenvalue weighted by molar-refractivity contribution is 5.82. The Kier molecular flexibility index (Phi) is 4.01. The molecule has 3 aliphatic rings. The molecule has 4 rings (SSSR count). The summed E-state index contributed by atoms with van der Waals surface area (Å²) < 4.78 is 45.7. The molecule has 1 atom stereocenters. The van der Waals surface area contributed by atoms with Crippen LogP contribution in [-0.2, 0) is 14.9 Å². The summed E-state index contributed by atoms with van der Waals surface area (Å²) in [7, 11) is 0. The maximum Gasteiger partial charge on any atom is 0.408 e. The van der Waals surface area contributed by atoms with Crippen molar-refractivity contribution in [2.75, 3.05) is 0 Å². The third-order valence-electron chi connectivity index (χ3n) is 5.17. The molecular weight excluding hydrogens is 351 g/mol. The molecule has 0 radical (unpaired) electrons. The minimum Gasteiger partial charge on any atom is -0.480 e. The third-order valence-corrected chi connectivity index (χ3v) is 5.17. The fraction of sp³-hybridized carbons (Fsp3) is 0.556. The van der Waals surface area contributed by atoms with E-state index >= 15 is 0 Å². The lowest BCUT2D eigenvalue weighted by Crippen LogP contribution is -2.73.